The van der Waals surface area contributed by atoms with Gasteiger partial charge in [0.05, 0.1) is 18.0 Å². The predicted octanol–water partition coefficient (Wildman–Crippen LogP) is 3.23. The Bertz CT molecular complexity index is 260. The van der Waals surface area contributed by atoms with Crippen LogP contribution in [0.3, 0.4) is 0 Å². The molecule has 0 unspecified atom stereocenters. The van der Waals surface area contributed by atoms with E-state index in [1.807, 2.05) is 0 Å². The van der Waals surface area contributed by atoms with E-state index in [0.29, 0.717) is 16.3 Å². The molecule has 0 bridgehead atoms. The number of hydrogen-bond acceptors (Lipinski definition) is 1. The molecule has 1 aromatic carbocycles. The van der Waals surface area contributed by atoms with Gasteiger partial charge in [-0.15, -0.1) is 11.6 Å². The Balaban J connectivity index is 3.28. The molecule has 0 fully saturated rings. The monoisotopic (exact) mass is 208 g/mol. The van der Waals surface area contributed by atoms with E-state index in [-0.39, 0.29) is 5.88 Å². The van der Waals surface area contributed by atoms with Crippen LogP contribution in [0.2, 0.25) is 5.02 Å². The van der Waals surface area contributed by atoms with Gasteiger partial charge in [-0.05, 0) is 12.1 Å². The van der Waals surface area contributed by atoms with Gasteiger partial charge in [0, 0.05) is 5.56 Å². The third kappa shape index (κ3) is 1.65. The van der Waals surface area contributed by atoms with Crippen molar-refractivity contribution in [1.29, 1.82) is 0 Å². The van der Waals surface area contributed by atoms with Crippen molar-refractivity contribution in [1.82, 2.24) is 0 Å². The van der Waals surface area contributed by atoms with Gasteiger partial charge in [-0.3, -0.25) is 0 Å². The maximum absolute atomic E-state index is 13.0. The molecule has 1 aromatic rings. The molecule has 0 aliphatic heterocycles. The molecule has 0 N–H and O–H groups in total. The first kappa shape index (κ1) is 9.62. The summed E-state index contributed by atoms with van der Waals surface area (Å²) in [5.41, 5.74) is 0.298. The van der Waals surface area contributed by atoms with Crippen molar-refractivity contribution in [3.63, 3.8) is 0 Å². The summed E-state index contributed by atoms with van der Waals surface area (Å²) in [7, 11) is 1.43. The quantitative estimate of drug-likeness (QED) is 0.679. The fourth-order valence-electron chi connectivity index (χ4n) is 0.920. The maximum atomic E-state index is 13.0. The second-order valence-corrected chi connectivity index (χ2v) is 2.85. The van der Waals surface area contributed by atoms with E-state index >= 15 is 0 Å². The Morgan fingerprint density at radius 1 is 1.50 bits per heavy atom. The lowest BCUT2D eigenvalue weighted by Gasteiger charge is -2.07. The van der Waals surface area contributed by atoms with E-state index in [0.717, 1.165) is 0 Å². The minimum Gasteiger partial charge on any atom is -0.495 e. The van der Waals surface area contributed by atoms with Crippen LogP contribution in [-0.4, -0.2) is 7.11 Å². The first-order valence-corrected chi connectivity index (χ1v) is 4.18. The van der Waals surface area contributed by atoms with Gasteiger partial charge < -0.3 is 4.74 Å². The summed E-state index contributed by atoms with van der Waals surface area (Å²) in [6.07, 6.45) is 0. The molecule has 1 rings (SSSR count). The molecule has 0 amide bonds. The van der Waals surface area contributed by atoms with E-state index in [2.05, 4.69) is 0 Å². The predicted molar refractivity (Wildman–Crippen MR) is 47.5 cm³/mol. The van der Waals surface area contributed by atoms with Crippen LogP contribution in [0.4, 0.5) is 4.39 Å². The highest BCUT2D eigenvalue weighted by Crippen LogP contribution is 2.31. The molecule has 1 nitrogen and oxygen atoms in total. The van der Waals surface area contributed by atoms with E-state index < -0.39 is 5.82 Å². The zero-order valence-corrected chi connectivity index (χ0v) is 7.92. The molecule has 0 heterocycles. The fourth-order valence-corrected chi connectivity index (χ4v) is 1.42. The topological polar surface area (TPSA) is 9.23 Å². The van der Waals surface area contributed by atoms with Crippen molar-refractivity contribution < 1.29 is 9.13 Å². The van der Waals surface area contributed by atoms with E-state index in [9.17, 15) is 4.39 Å². The summed E-state index contributed by atoms with van der Waals surface area (Å²) < 4.78 is 17.9. The first-order chi connectivity index (χ1) is 5.70. The summed E-state index contributed by atoms with van der Waals surface area (Å²) in [6, 6.07) is 2.70. The van der Waals surface area contributed by atoms with E-state index in [1.165, 1.54) is 19.2 Å². The average molecular weight is 209 g/mol. The third-order valence-electron chi connectivity index (χ3n) is 1.49. The lowest BCUT2D eigenvalue weighted by Crippen LogP contribution is -1.94. The van der Waals surface area contributed by atoms with Gasteiger partial charge in [0.2, 0.25) is 0 Å². The molecular weight excluding hydrogens is 202 g/mol. The second-order valence-electron chi connectivity index (χ2n) is 2.17. The van der Waals surface area contributed by atoms with Crippen LogP contribution < -0.4 is 4.74 Å². The van der Waals surface area contributed by atoms with Crippen LogP contribution in [0, 0.1) is 5.82 Å². The van der Waals surface area contributed by atoms with Crippen LogP contribution in [0.1, 0.15) is 5.56 Å². The molecule has 0 atom stereocenters. The molecule has 12 heavy (non-hydrogen) atoms. The molecule has 0 saturated heterocycles. The largest absolute Gasteiger partial charge is 0.495 e. The SMILES string of the molecule is COc1c(Cl)ccc(F)c1CCl. The minimum absolute atomic E-state index is 0.0512. The third-order valence-corrected chi connectivity index (χ3v) is 2.06. The standard InChI is InChI=1S/C8H7Cl2FO/c1-12-8-5(4-9)7(11)3-2-6(8)10/h2-3H,4H2,1H3. The van der Waals surface area contributed by atoms with Crippen LogP contribution >= 0.6 is 23.2 Å². The van der Waals surface area contributed by atoms with Crippen molar-refractivity contribution in [2.75, 3.05) is 7.11 Å². The Labute approximate surface area is 80.0 Å². The highest BCUT2D eigenvalue weighted by molar-refractivity contribution is 6.32. The Morgan fingerprint density at radius 2 is 2.17 bits per heavy atom. The van der Waals surface area contributed by atoms with Gasteiger partial charge >= 0.3 is 0 Å². The van der Waals surface area contributed by atoms with Crippen molar-refractivity contribution in [3.05, 3.63) is 28.5 Å². The van der Waals surface area contributed by atoms with Crippen molar-refractivity contribution >= 4 is 23.2 Å². The fraction of sp³-hybridized carbons (Fsp3) is 0.250. The van der Waals surface area contributed by atoms with Gasteiger partial charge in [-0.25, -0.2) is 4.39 Å². The number of ether oxygens (including phenoxy) is 1. The molecule has 4 heteroatoms. The van der Waals surface area contributed by atoms with Crippen LogP contribution in [0.15, 0.2) is 12.1 Å². The van der Waals surface area contributed by atoms with Crippen molar-refractivity contribution in [3.8, 4) is 5.75 Å². The molecule has 0 spiro atoms. The number of methoxy groups -OCH3 is 1. The lowest BCUT2D eigenvalue weighted by atomic mass is 10.2. The second kappa shape index (κ2) is 3.97. The summed E-state index contributed by atoms with van der Waals surface area (Å²) in [5.74, 6) is -0.0341. The van der Waals surface area contributed by atoms with Gasteiger partial charge in [0.25, 0.3) is 0 Å². The first-order valence-electron chi connectivity index (χ1n) is 3.27. The Kier molecular flexibility index (Phi) is 3.18. The molecule has 0 aliphatic carbocycles. The lowest BCUT2D eigenvalue weighted by molar-refractivity contribution is 0.407. The maximum Gasteiger partial charge on any atom is 0.144 e. The van der Waals surface area contributed by atoms with Gasteiger partial charge in [-0.1, -0.05) is 11.6 Å². The number of rotatable bonds is 2. The van der Waals surface area contributed by atoms with E-state index in [1.54, 1.807) is 0 Å². The van der Waals surface area contributed by atoms with Crippen LogP contribution in [-0.2, 0) is 5.88 Å². The zero-order valence-electron chi connectivity index (χ0n) is 6.40. The van der Waals surface area contributed by atoms with Crippen molar-refractivity contribution in [2.45, 2.75) is 5.88 Å². The molecule has 66 valence electrons. The Hall–Kier alpha value is -0.470. The normalized spacial score (nSPS) is 10.0. The van der Waals surface area contributed by atoms with Crippen molar-refractivity contribution in [2.24, 2.45) is 0 Å². The smallest absolute Gasteiger partial charge is 0.144 e. The van der Waals surface area contributed by atoms with Gasteiger partial charge in [-0.2, -0.15) is 0 Å². The molecule has 0 saturated carbocycles. The summed E-state index contributed by atoms with van der Waals surface area (Å²) in [6.45, 7) is 0. The van der Waals surface area contributed by atoms with Gasteiger partial charge in [0.1, 0.15) is 11.6 Å². The molecule has 0 radical (unpaired) electrons. The average Bonchev–Trinajstić information content (AvgIpc) is 2.08. The molecular formula is C8H7Cl2FO. The number of alkyl halides is 1. The zero-order chi connectivity index (χ0) is 9.14. The summed E-state index contributed by atoms with van der Waals surface area (Å²) >= 11 is 11.2. The highest BCUT2D eigenvalue weighted by atomic mass is 35.5. The number of halogens is 3. The molecule has 0 aliphatic rings. The minimum atomic E-state index is -0.397. The summed E-state index contributed by atoms with van der Waals surface area (Å²) in [5, 5.41) is 0.370. The number of hydrogen-bond donors (Lipinski definition) is 0. The molecule has 0 aromatic heterocycles. The van der Waals surface area contributed by atoms with Crippen LogP contribution in [0.5, 0.6) is 5.75 Å². The Morgan fingerprint density at radius 3 is 2.58 bits per heavy atom. The number of benzene rings is 1. The summed E-state index contributed by atoms with van der Waals surface area (Å²) in [4.78, 5) is 0. The highest BCUT2D eigenvalue weighted by Gasteiger charge is 2.11. The van der Waals surface area contributed by atoms with Crippen LogP contribution in [0.25, 0.3) is 0 Å². The van der Waals surface area contributed by atoms with E-state index in [4.69, 9.17) is 27.9 Å². The van der Waals surface area contributed by atoms with Gasteiger partial charge in [0.15, 0.2) is 0 Å².